The van der Waals surface area contributed by atoms with Crippen molar-refractivity contribution < 1.29 is 18.8 Å². The molecule has 0 unspecified atom stereocenters. The average molecular weight is 483 g/mol. The summed E-state index contributed by atoms with van der Waals surface area (Å²) < 4.78 is 15.6. The molecule has 34 heavy (non-hydrogen) atoms. The molecule has 2 aliphatic rings. The zero-order chi connectivity index (χ0) is 24.1. The van der Waals surface area contributed by atoms with Gasteiger partial charge in [-0.25, -0.2) is 9.18 Å². The molecule has 3 aromatic rings. The molecule has 0 radical (unpaired) electrons. The van der Waals surface area contributed by atoms with Crippen molar-refractivity contribution in [1.82, 2.24) is 14.8 Å². The normalized spacial score (nSPS) is 20.9. The third kappa shape index (κ3) is 3.72. The van der Waals surface area contributed by atoms with Crippen molar-refractivity contribution in [3.63, 3.8) is 0 Å². The number of likely N-dealkylation sites (tertiary alicyclic amines) is 1. The summed E-state index contributed by atoms with van der Waals surface area (Å²) in [6.45, 7) is 1.76. The van der Waals surface area contributed by atoms with Gasteiger partial charge in [-0.05, 0) is 43.4 Å². The van der Waals surface area contributed by atoms with Gasteiger partial charge in [0.2, 0.25) is 11.8 Å². The standard InChI is InChI=1S/C25H24ClFN4O3/c1-13-17(16-6-2-3-8-19(16)30(13)25(28)34)11-22(32)31-20-9-15(20)10-21(31)24(33)29-12-14-5-4-7-18(26)23(14)27/h2-8,15,20-21H,9-12H2,1H3,(H2,28,34)(H,29,33)/t15-,20-,21+/m1/s1. The van der Waals surface area contributed by atoms with Crippen LogP contribution in [0.3, 0.4) is 0 Å². The third-order valence-electron chi connectivity index (χ3n) is 6.97. The molecule has 3 atom stereocenters. The first-order chi connectivity index (χ1) is 16.3. The summed E-state index contributed by atoms with van der Waals surface area (Å²) in [5.74, 6) is -0.741. The molecule has 1 aliphatic carbocycles. The Morgan fingerprint density at radius 3 is 2.68 bits per heavy atom. The Morgan fingerprint density at radius 2 is 1.91 bits per heavy atom. The lowest BCUT2D eigenvalue weighted by Crippen LogP contribution is -2.48. The summed E-state index contributed by atoms with van der Waals surface area (Å²) in [6, 6.07) is 10.8. The van der Waals surface area contributed by atoms with Crippen LogP contribution in [0.4, 0.5) is 9.18 Å². The van der Waals surface area contributed by atoms with Crippen LogP contribution in [-0.4, -0.2) is 39.4 Å². The molecule has 176 valence electrons. The van der Waals surface area contributed by atoms with Gasteiger partial charge in [0.25, 0.3) is 0 Å². The van der Waals surface area contributed by atoms with Gasteiger partial charge in [0, 0.05) is 29.2 Å². The number of hydrogen-bond acceptors (Lipinski definition) is 3. The minimum Gasteiger partial charge on any atom is -0.351 e. The van der Waals surface area contributed by atoms with E-state index in [1.165, 1.54) is 10.6 Å². The smallest absolute Gasteiger partial charge is 0.323 e. The fourth-order valence-electron chi connectivity index (χ4n) is 5.22. The molecule has 1 saturated heterocycles. The summed E-state index contributed by atoms with van der Waals surface area (Å²) in [5.41, 5.74) is 7.86. The van der Waals surface area contributed by atoms with Crippen LogP contribution in [0.1, 0.15) is 29.7 Å². The number of benzene rings is 2. The van der Waals surface area contributed by atoms with E-state index in [1.807, 2.05) is 18.2 Å². The van der Waals surface area contributed by atoms with Crippen molar-refractivity contribution in [1.29, 1.82) is 0 Å². The third-order valence-corrected chi connectivity index (χ3v) is 7.26. The first kappa shape index (κ1) is 22.4. The summed E-state index contributed by atoms with van der Waals surface area (Å²) in [6.07, 6.45) is 1.52. The topological polar surface area (TPSA) is 97.4 Å². The van der Waals surface area contributed by atoms with Gasteiger partial charge in [-0.2, -0.15) is 0 Å². The number of halogens is 2. The van der Waals surface area contributed by atoms with Crippen LogP contribution in [0.15, 0.2) is 42.5 Å². The molecule has 3 amide bonds. The Kier molecular flexibility index (Phi) is 5.56. The zero-order valence-corrected chi connectivity index (χ0v) is 19.3. The van der Waals surface area contributed by atoms with Crippen molar-refractivity contribution >= 4 is 40.3 Å². The fourth-order valence-corrected chi connectivity index (χ4v) is 5.41. The maximum Gasteiger partial charge on any atom is 0.323 e. The molecular weight excluding hydrogens is 459 g/mol. The van der Waals surface area contributed by atoms with Gasteiger partial charge in [-0.1, -0.05) is 41.9 Å². The van der Waals surface area contributed by atoms with E-state index in [9.17, 15) is 18.8 Å². The number of rotatable bonds is 5. The molecule has 1 aromatic heterocycles. The maximum absolute atomic E-state index is 14.2. The van der Waals surface area contributed by atoms with Crippen molar-refractivity contribution in [3.05, 3.63) is 70.1 Å². The van der Waals surface area contributed by atoms with Gasteiger partial charge in [-0.3, -0.25) is 14.2 Å². The number of piperidine rings is 1. The molecule has 7 nitrogen and oxygen atoms in total. The van der Waals surface area contributed by atoms with Crippen LogP contribution in [0.5, 0.6) is 0 Å². The largest absolute Gasteiger partial charge is 0.351 e. The number of primary amides is 1. The molecule has 9 heteroatoms. The second kappa shape index (κ2) is 8.43. The van der Waals surface area contributed by atoms with Gasteiger partial charge >= 0.3 is 6.03 Å². The lowest BCUT2D eigenvalue weighted by atomic mass is 10.1. The molecule has 1 saturated carbocycles. The fraction of sp³-hybridized carbons (Fsp3) is 0.320. The van der Waals surface area contributed by atoms with Crippen LogP contribution >= 0.6 is 11.6 Å². The molecular formula is C25H24ClFN4O3. The van der Waals surface area contributed by atoms with Crippen LogP contribution in [0, 0.1) is 18.7 Å². The van der Waals surface area contributed by atoms with Gasteiger partial charge < -0.3 is 16.0 Å². The molecule has 2 heterocycles. The lowest BCUT2D eigenvalue weighted by molar-refractivity contribution is -0.139. The quantitative estimate of drug-likeness (QED) is 0.582. The molecule has 0 spiro atoms. The summed E-state index contributed by atoms with van der Waals surface area (Å²) in [7, 11) is 0. The number of hydrogen-bond donors (Lipinski definition) is 2. The minimum absolute atomic E-state index is 0.00356. The van der Waals surface area contributed by atoms with Crippen LogP contribution < -0.4 is 11.1 Å². The van der Waals surface area contributed by atoms with Crippen molar-refractivity contribution in [2.75, 3.05) is 0 Å². The predicted octanol–water partition coefficient (Wildman–Crippen LogP) is 3.52. The van der Waals surface area contributed by atoms with E-state index < -0.39 is 17.9 Å². The molecule has 5 rings (SSSR count). The Bertz CT molecular complexity index is 1340. The van der Waals surface area contributed by atoms with E-state index in [4.69, 9.17) is 17.3 Å². The van der Waals surface area contributed by atoms with Crippen LogP contribution in [0.25, 0.3) is 10.9 Å². The van der Waals surface area contributed by atoms with Crippen molar-refractivity contribution in [2.45, 2.75) is 44.8 Å². The van der Waals surface area contributed by atoms with E-state index >= 15 is 0 Å². The summed E-state index contributed by atoms with van der Waals surface area (Å²) in [5, 5.41) is 3.55. The number of fused-ring (bicyclic) bond motifs is 2. The van der Waals surface area contributed by atoms with E-state index in [0.29, 0.717) is 23.5 Å². The Hall–Kier alpha value is -3.39. The minimum atomic E-state index is -0.610. The molecule has 1 aliphatic heterocycles. The van der Waals surface area contributed by atoms with E-state index in [2.05, 4.69) is 5.32 Å². The number of amides is 3. The highest BCUT2D eigenvalue weighted by Crippen LogP contribution is 2.48. The van der Waals surface area contributed by atoms with Gasteiger partial charge in [-0.15, -0.1) is 0 Å². The van der Waals surface area contributed by atoms with Crippen molar-refractivity contribution in [3.8, 4) is 0 Å². The first-order valence-electron chi connectivity index (χ1n) is 11.2. The van der Waals surface area contributed by atoms with Gasteiger partial charge in [0.1, 0.15) is 11.9 Å². The van der Waals surface area contributed by atoms with Gasteiger partial charge in [0.15, 0.2) is 0 Å². The molecule has 2 aromatic carbocycles. The number of nitrogens with two attached hydrogens (primary N) is 1. The average Bonchev–Trinajstić information content (AvgIpc) is 3.37. The van der Waals surface area contributed by atoms with Gasteiger partial charge in [0.05, 0.1) is 17.0 Å². The maximum atomic E-state index is 14.2. The highest BCUT2D eigenvalue weighted by molar-refractivity contribution is 6.30. The zero-order valence-electron chi connectivity index (χ0n) is 18.6. The number of carbonyl (C=O) groups is 3. The highest BCUT2D eigenvalue weighted by Gasteiger charge is 2.55. The Morgan fingerprint density at radius 1 is 1.15 bits per heavy atom. The highest BCUT2D eigenvalue weighted by atomic mass is 35.5. The monoisotopic (exact) mass is 482 g/mol. The Balaban J connectivity index is 1.36. The number of carbonyl (C=O) groups excluding carboxylic acids is 3. The SMILES string of the molecule is Cc1c(CC(=O)N2[C@@H]3C[C@@H]3C[C@H]2C(=O)NCc2cccc(Cl)c2F)c2ccccc2n1C(N)=O. The van der Waals surface area contributed by atoms with E-state index in [1.54, 1.807) is 30.0 Å². The van der Waals surface area contributed by atoms with E-state index in [-0.39, 0.29) is 41.4 Å². The number of para-hydroxylation sites is 1. The number of nitrogens with one attached hydrogen (secondary N) is 1. The molecule has 2 fully saturated rings. The van der Waals surface area contributed by atoms with E-state index in [0.717, 1.165) is 17.4 Å². The van der Waals surface area contributed by atoms with Crippen molar-refractivity contribution in [2.24, 2.45) is 11.7 Å². The first-order valence-corrected chi connectivity index (χ1v) is 11.6. The second-order valence-corrected chi connectivity index (χ2v) is 9.39. The molecule has 3 N–H and O–H groups in total. The second-order valence-electron chi connectivity index (χ2n) is 8.98. The summed E-state index contributed by atoms with van der Waals surface area (Å²) in [4.78, 5) is 40.2. The number of aromatic nitrogens is 1. The lowest BCUT2D eigenvalue weighted by Gasteiger charge is -2.27. The van der Waals surface area contributed by atoms with Crippen LogP contribution in [0.2, 0.25) is 5.02 Å². The Labute approximate surface area is 200 Å². The molecule has 0 bridgehead atoms. The summed E-state index contributed by atoms with van der Waals surface area (Å²) >= 11 is 5.83. The predicted molar refractivity (Wildman–Crippen MR) is 126 cm³/mol. The van der Waals surface area contributed by atoms with Crippen LogP contribution in [-0.2, 0) is 22.6 Å². The number of nitrogens with zero attached hydrogens (tertiary/aromatic N) is 2.